The topological polar surface area (TPSA) is 38.0 Å². The van der Waals surface area contributed by atoms with Crippen molar-refractivity contribution < 1.29 is 4.39 Å². The Balaban J connectivity index is 2.04. The average Bonchev–Trinajstić information content (AvgIpc) is 2.97. The third-order valence-electron chi connectivity index (χ3n) is 3.34. The van der Waals surface area contributed by atoms with E-state index in [0.29, 0.717) is 16.4 Å². The van der Waals surface area contributed by atoms with Gasteiger partial charge in [0.2, 0.25) is 0 Å². The summed E-state index contributed by atoms with van der Waals surface area (Å²) in [5.74, 6) is 6.75. The molecule has 2 nitrogen and oxygen atoms in total. The summed E-state index contributed by atoms with van der Waals surface area (Å²) in [5, 5.41) is 0. The summed E-state index contributed by atoms with van der Waals surface area (Å²) in [6, 6.07) is 5.43. The van der Waals surface area contributed by atoms with E-state index in [9.17, 15) is 4.39 Å². The Hall–Kier alpha value is -0.450. The fourth-order valence-corrected chi connectivity index (χ4v) is 2.59. The molecule has 0 aliphatic heterocycles. The highest BCUT2D eigenvalue weighted by Crippen LogP contribution is 2.41. The SMILES string of the molecule is CC1CC1C(Cc1ccc(F)c(Br)c1)NN. The Morgan fingerprint density at radius 2 is 2.31 bits per heavy atom. The molecule has 0 radical (unpaired) electrons. The summed E-state index contributed by atoms with van der Waals surface area (Å²) in [7, 11) is 0. The van der Waals surface area contributed by atoms with Crippen molar-refractivity contribution in [1.82, 2.24) is 5.43 Å². The van der Waals surface area contributed by atoms with E-state index in [1.54, 1.807) is 0 Å². The van der Waals surface area contributed by atoms with Gasteiger partial charge in [0.25, 0.3) is 0 Å². The van der Waals surface area contributed by atoms with Gasteiger partial charge in [0, 0.05) is 6.04 Å². The number of halogens is 2. The van der Waals surface area contributed by atoms with Crippen LogP contribution in [0.4, 0.5) is 4.39 Å². The highest BCUT2D eigenvalue weighted by atomic mass is 79.9. The van der Waals surface area contributed by atoms with Gasteiger partial charge in [0.1, 0.15) is 5.82 Å². The van der Waals surface area contributed by atoms with Gasteiger partial charge in [-0.1, -0.05) is 13.0 Å². The average molecular weight is 287 g/mol. The Morgan fingerprint density at radius 1 is 1.62 bits per heavy atom. The molecular formula is C12H16BrFN2. The minimum atomic E-state index is -0.221. The third kappa shape index (κ3) is 2.62. The molecule has 1 saturated carbocycles. The van der Waals surface area contributed by atoms with E-state index in [2.05, 4.69) is 28.3 Å². The van der Waals surface area contributed by atoms with Crippen molar-refractivity contribution >= 4 is 15.9 Å². The highest BCUT2D eigenvalue weighted by Gasteiger charge is 2.38. The van der Waals surface area contributed by atoms with Gasteiger partial charge in [-0.05, 0) is 58.3 Å². The zero-order chi connectivity index (χ0) is 11.7. The fraction of sp³-hybridized carbons (Fsp3) is 0.500. The van der Waals surface area contributed by atoms with Gasteiger partial charge in [-0.3, -0.25) is 11.3 Å². The Labute approximate surface area is 104 Å². The third-order valence-corrected chi connectivity index (χ3v) is 3.95. The molecule has 1 fully saturated rings. The lowest BCUT2D eigenvalue weighted by atomic mass is 10.0. The maximum Gasteiger partial charge on any atom is 0.137 e. The molecule has 1 aromatic carbocycles. The van der Waals surface area contributed by atoms with Gasteiger partial charge in [-0.2, -0.15) is 0 Å². The van der Waals surface area contributed by atoms with E-state index in [1.165, 1.54) is 12.5 Å². The molecule has 0 bridgehead atoms. The van der Waals surface area contributed by atoms with Crippen LogP contribution in [0.1, 0.15) is 18.9 Å². The van der Waals surface area contributed by atoms with Crippen LogP contribution in [0, 0.1) is 17.7 Å². The predicted octanol–water partition coefficient (Wildman–Crippen LogP) is 2.62. The standard InChI is InChI=1S/C12H16BrFN2/c1-7-4-9(7)12(16-15)6-8-2-3-11(14)10(13)5-8/h2-3,5,7,9,12,16H,4,6,15H2,1H3. The largest absolute Gasteiger partial charge is 0.271 e. The molecular weight excluding hydrogens is 271 g/mol. The smallest absolute Gasteiger partial charge is 0.137 e. The number of nitrogens with two attached hydrogens (primary N) is 1. The van der Waals surface area contributed by atoms with E-state index < -0.39 is 0 Å². The van der Waals surface area contributed by atoms with Gasteiger partial charge < -0.3 is 0 Å². The maximum atomic E-state index is 13.1. The van der Waals surface area contributed by atoms with E-state index in [1.807, 2.05) is 12.1 Å². The van der Waals surface area contributed by atoms with Crippen molar-refractivity contribution in [3.05, 3.63) is 34.1 Å². The zero-order valence-electron chi connectivity index (χ0n) is 9.21. The second kappa shape index (κ2) is 4.82. The summed E-state index contributed by atoms with van der Waals surface area (Å²) >= 11 is 3.20. The first-order chi connectivity index (χ1) is 7.61. The van der Waals surface area contributed by atoms with E-state index >= 15 is 0 Å². The van der Waals surface area contributed by atoms with E-state index in [-0.39, 0.29) is 5.82 Å². The van der Waals surface area contributed by atoms with Gasteiger partial charge in [0.15, 0.2) is 0 Å². The summed E-state index contributed by atoms with van der Waals surface area (Å²) in [6.45, 7) is 2.23. The molecule has 88 valence electrons. The quantitative estimate of drug-likeness (QED) is 0.660. The molecule has 16 heavy (non-hydrogen) atoms. The second-order valence-corrected chi connectivity index (χ2v) is 5.46. The first kappa shape index (κ1) is 12.0. The number of hydrogen-bond donors (Lipinski definition) is 2. The van der Waals surface area contributed by atoms with Crippen LogP contribution in [0.5, 0.6) is 0 Å². The van der Waals surface area contributed by atoms with Gasteiger partial charge >= 0.3 is 0 Å². The first-order valence-corrected chi connectivity index (χ1v) is 6.31. The van der Waals surface area contributed by atoms with Crippen molar-refractivity contribution in [2.75, 3.05) is 0 Å². The summed E-state index contributed by atoms with van der Waals surface area (Å²) in [5.41, 5.74) is 3.97. The lowest BCUT2D eigenvalue weighted by Gasteiger charge is -2.15. The number of rotatable bonds is 4. The maximum absolute atomic E-state index is 13.1. The monoisotopic (exact) mass is 286 g/mol. The van der Waals surface area contributed by atoms with Crippen LogP contribution in [-0.2, 0) is 6.42 Å². The fourth-order valence-electron chi connectivity index (χ4n) is 2.17. The lowest BCUT2D eigenvalue weighted by Crippen LogP contribution is -2.38. The normalized spacial score (nSPS) is 25.5. The van der Waals surface area contributed by atoms with Crippen LogP contribution >= 0.6 is 15.9 Å². The summed E-state index contributed by atoms with van der Waals surface area (Å²) in [6.07, 6.45) is 2.08. The molecule has 3 unspecified atom stereocenters. The predicted molar refractivity (Wildman–Crippen MR) is 66.2 cm³/mol. The molecule has 3 N–H and O–H groups in total. The molecule has 4 heteroatoms. The number of nitrogens with one attached hydrogen (secondary N) is 1. The molecule has 0 amide bonds. The number of hydrazine groups is 1. The van der Waals surface area contributed by atoms with Crippen LogP contribution in [0.3, 0.4) is 0 Å². The molecule has 0 heterocycles. The second-order valence-electron chi connectivity index (χ2n) is 4.60. The minimum absolute atomic E-state index is 0.221. The molecule has 1 aromatic rings. The van der Waals surface area contributed by atoms with Gasteiger partial charge in [-0.15, -0.1) is 0 Å². The Kier molecular flexibility index (Phi) is 3.62. The summed E-state index contributed by atoms with van der Waals surface area (Å²) < 4.78 is 13.6. The molecule has 0 spiro atoms. The van der Waals surface area contributed by atoms with Crippen molar-refractivity contribution in [2.45, 2.75) is 25.8 Å². The number of benzene rings is 1. The molecule has 1 aliphatic carbocycles. The van der Waals surface area contributed by atoms with Crippen LogP contribution in [-0.4, -0.2) is 6.04 Å². The minimum Gasteiger partial charge on any atom is -0.271 e. The van der Waals surface area contributed by atoms with Crippen molar-refractivity contribution in [3.8, 4) is 0 Å². The molecule has 2 rings (SSSR count). The van der Waals surface area contributed by atoms with Gasteiger partial charge in [-0.25, -0.2) is 4.39 Å². The van der Waals surface area contributed by atoms with Crippen LogP contribution < -0.4 is 11.3 Å². The van der Waals surface area contributed by atoms with Crippen molar-refractivity contribution in [3.63, 3.8) is 0 Å². The van der Waals surface area contributed by atoms with E-state index in [0.717, 1.165) is 17.9 Å². The first-order valence-electron chi connectivity index (χ1n) is 5.52. The van der Waals surface area contributed by atoms with Gasteiger partial charge in [0.05, 0.1) is 4.47 Å². The highest BCUT2D eigenvalue weighted by molar-refractivity contribution is 9.10. The van der Waals surface area contributed by atoms with Crippen LogP contribution in [0.25, 0.3) is 0 Å². The van der Waals surface area contributed by atoms with E-state index in [4.69, 9.17) is 5.84 Å². The number of hydrogen-bond acceptors (Lipinski definition) is 2. The van der Waals surface area contributed by atoms with Crippen molar-refractivity contribution in [2.24, 2.45) is 17.7 Å². The Bertz CT molecular complexity index is 383. The van der Waals surface area contributed by atoms with Crippen LogP contribution in [0.2, 0.25) is 0 Å². The van der Waals surface area contributed by atoms with Crippen molar-refractivity contribution in [1.29, 1.82) is 0 Å². The zero-order valence-corrected chi connectivity index (χ0v) is 10.8. The molecule has 3 atom stereocenters. The Morgan fingerprint density at radius 3 is 2.81 bits per heavy atom. The molecule has 1 aliphatic rings. The molecule has 0 aromatic heterocycles. The summed E-state index contributed by atoms with van der Waals surface area (Å²) in [4.78, 5) is 0. The van der Waals surface area contributed by atoms with Crippen LogP contribution in [0.15, 0.2) is 22.7 Å². The molecule has 0 saturated heterocycles. The lowest BCUT2D eigenvalue weighted by molar-refractivity contribution is 0.454.